The van der Waals surface area contributed by atoms with Gasteiger partial charge in [0.15, 0.2) is 0 Å². The average Bonchev–Trinajstić information content (AvgIpc) is 2.45. The summed E-state index contributed by atoms with van der Waals surface area (Å²) in [5.74, 6) is 0.812. The van der Waals surface area contributed by atoms with Crippen LogP contribution in [0.4, 0.5) is 0 Å². The Kier molecular flexibility index (Phi) is 5.43. The monoisotopic (exact) mass is 348 g/mol. The predicted molar refractivity (Wildman–Crippen MR) is 90.0 cm³/mol. The minimum atomic E-state index is -0.408. The lowest BCUT2D eigenvalue weighted by Crippen LogP contribution is -2.15. The van der Waals surface area contributed by atoms with E-state index in [0.29, 0.717) is 12.8 Å². The largest absolute Gasteiger partial charge is 0.497 e. The summed E-state index contributed by atoms with van der Waals surface area (Å²) in [5, 5.41) is 10.4. The van der Waals surface area contributed by atoms with Gasteiger partial charge in [0.1, 0.15) is 5.75 Å². The van der Waals surface area contributed by atoms with Gasteiger partial charge >= 0.3 is 0 Å². The van der Waals surface area contributed by atoms with Gasteiger partial charge in [-0.05, 0) is 61.6 Å². The highest BCUT2D eigenvalue weighted by molar-refractivity contribution is 9.10. The van der Waals surface area contributed by atoms with Crippen molar-refractivity contribution in [3.8, 4) is 5.75 Å². The molecule has 2 aromatic carbocycles. The Morgan fingerprint density at radius 1 is 1.05 bits per heavy atom. The Morgan fingerprint density at radius 2 is 1.76 bits per heavy atom. The van der Waals surface area contributed by atoms with E-state index >= 15 is 0 Å². The van der Waals surface area contributed by atoms with E-state index in [-0.39, 0.29) is 0 Å². The first kappa shape index (κ1) is 16.1. The van der Waals surface area contributed by atoms with E-state index in [4.69, 9.17) is 4.74 Å². The third kappa shape index (κ3) is 4.32. The van der Waals surface area contributed by atoms with Crippen molar-refractivity contribution in [1.29, 1.82) is 0 Å². The van der Waals surface area contributed by atoms with Gasteiger partial charge in [-0.15, -0.1) is 0 Å². The van der Waals surface area contributed by atoms with Crippen molar-refractivity contribution >= 4 is 15.9 Å². The number of halogens is 1. The van der Waals surface area contributed by atoms with E-state index in [9.17, 15) is 5.11 Å². The number of aliphatic hydroxyl groups is 1. The van der Waals surface area contributed by atoms with Crippen LogP contribution >= 0.6 is 15.9 Å². The van der Waals surface area contributed by atoms with E-state index < -0.39 is 6.10 Å². The highest BCUT2D eigenvalue weighted by atomic mass is 79.9. The maximum absolute atomic E-state index is 10.4. The van der Waals surface area contributed by atoms with Crippen molar-refractivity contribution in [2.24, 2.45) is 0 Å². The number of benzene rings is 2. The second-order valence-electron chi connectivity index (χ2n) is 5.45. The minimum absolute atomic E-state index is 0.408. The molecule has 0 saturated carbocycles. The Hall–Kier alpha value is -1.32. The van der Waals surface area contributed by atoms with Crippen molar-refractivity contribution in [3.63, 3.8) is 0 Å². The van der Waals surface area contributed by atoms with Crippen molar-refractivity contribution in [2.45, 2.75) is 32.8 Å². The molecule has 2 nitrogen and oxygen atoms in total. The van der Waals surface area contributed by atoms with Gasteiger partial charge in [-0.25, -0.2) is 0 Å². The first-order valence-electron chi connectivity index (χ1n) is 7.06. The average molecular weight is 349 g/mol. The Balaban J connectivity index is 2.11. The maximum Gasteiger partial charge on any atom is 0.119 e. The van der Waals surface area contributed by atoms with Crippen LogP contribution in [0.1, 0.15) is 22.3 Å². The summed E-state index contributed by atoms with van der Waals surface area (Å²) in [4.78, 5) is 0. The third-order valence-corrected chi connectivity index (χ3v) is 4.44. The molecule has 0 bridgehead atoms. The lowest BCUT2D eigenvalue weighted by molar-refractivity contribution is 0.175. The number of aryl methyl sites for hydroxylation is 2. The van der Waals surface area contributed by atoms with Gasteiger partial charge in [-0.3, -0.25) is 0 Å². The van der Waals surface area contributed by atoms with Crippen LogP contribution in [0.3, 0.4) is 0 Å². The van der Waals surface area contributed by atoms with Gasteiger partial charge in [0.25, 0.3) is 0 Å². The van der Waals surface area contributed by atoms with Crippen LogP contribution < -0.4 is 4.74 Å². The topological polar surface area (TPSA) is 29.5 Å². The second-order valence-corrected chi connectivity index (χ2v) is 6.30. The molecule has 0 aromatic heterocycles. The number of ether oxygens (including phenoxy) is 1. The van der Waals surface area contributed by atoms with Crippen LogP contribution in [-0.4, -0.2) is 18.3 Å². The smallest absolute Gasteiger partial charge is 0.119 e. The van der Waals surface area contributed by atoms with Crippen LogP contribution in [0.2, 0.25) is 0 Å². The van der Waals surface area contributed by atoms with Crippen LogP contribution in [-0.2, 0) is 12.8 Å². The molecule has 0 amide bonds. The summed E-state index contributed by atoms with van der Waals surface area (Å²) in [5.41, 5.74) is 4.73. The molecule has 21 heavy (non-hydrogen) atoms. The van der Waals surface area contributed by atoms with Crippen molar-refractivity contribution < 1.29 is 9.84 Å². The molecule has 1 N–H and O–H groups in total. The standard InChI is InChI=1S/C18H21BrO2/c1-12-4-5-13(2)14(8-12)9-16(20)10-15-11-17(21-3)6-7-18(15)19/h4-8,11,16,20H,9-10H2,1-3H3. The quantitative estimate of drug-likeness (QED) is 0.876. The van der Waals surface area contributed by atoms with Gasteiger partial charge in [-0.1, -0.05) is 39.7 Å². The fourth-order valence-electron chi connectivity index (χ4n) is 2.43. The zero-order valence-electron chi connectivity index (χ0n) is 12.7. The number of aliphatic hydroxyl groups excluding tert-OH is 1. The first-order chi connectivity index (χ1) is 9.99. The van der Waals surface area contributed by atoms with Gasteiger partial charge in [0.05, 0.1) is 13.2 Å². The van der Waals surface area contributed by atoms with E-state index in [1.54, 1.807) is 7.11 Å². The molecule has 0 radical (unpaired) electrons. The minimum Gasteiger partial charge on any atom is -0.497 e. The summed E-state index contributed by atoms with van der Waals surface area (Å²) >= 11 is 3.53. The molecule has 0 aliphatic carbocycles. The van der Waals surface area contributed by atoms with Crippen LogP contribution in [0.5, 0.6) is 5.75 Å². The zero-order chi connectivity index (χ0) is 15.4. The predicted octanol–water partition coefficient (Wildman–Crippen LogP) is 4.22. The first-order valence-corrected chi connectivity index (χ1v) is 7.85. The number of methoxy groups -OCH3 is 1. The molecule has 1 unspecified atom stereocenters. The molecule has 0 aliphatic heterocycles. The summed E-state index contributed by atoms with van der Waals surface area (Å²) in [6.07, 6.45) is 0.858. The van der Waals surface area contributed by atoms with Crippen LogP contribution in [0.25, 0.3) is 0 Å². The number of hydrogen-bond donors (Lipinski definition) is 1. The van der Waals surface area contributed by atoms with Crippen molar-refractivity contribution in [2.75, 3.05) is 7.11 Å². The summed E-state index contributed by atoms with van der Waals surface area (Å²) in [6, 6.07) is 12.2. The molecule has 0 spiro atoms. The zero-order valence-corrected chi connectivity index (χ0v) is 14.3. The maximum atomic E-state index is 10.4. The van der Waals surface area contributed by atoms with Gasteiger partial charge in [0, 0.05) is 4.47 Å². The van der Waals surface area contributed by atoms with E-state index in [2.05, 4.69) is 48.0 Å². The Morgan fingerprint density at radius 3 is 2.48 bits per heavy atom. The fraction of sp³-hybridized carbons (Fsp3) is 0.333. The lowest BCUT2D eigenvalue weighted by atomic mass is 9.97. The van der Waals surface area contributed by atoms with E-state index in [1.807, 2.05) is 18.2 Å². The van der Waals surface area contributed by atoms with Gasteiger partial charge in [0.2, 0.25) is 0 Å². The molecular weight excluding hydrogens is 328 g/mol. The highest BCUT2D eigenvalue weighted by Crippen LogP contribution is 2.24. The molecule has 0 saturated heterocycles. The third-order valence-electron chi connectivity index (χ3n) is 3.67. The molecule has 0 fully saturated rings. The lowest BCUT2D eigenvalue weighted by Gasteiger charge is -2.15. The van der Waals surface area contributed by atoms with E-state index in [1.165, 1.54) is 16.7 Å². The molecular formula is C18H21BrO2. The molecule has 3 heteroatoms. The van der Waals surface area contributed by atoms with Gasteiger partial charge in [-0.2, -0.15) is 0 Å². The Bertz CT molecular complexity index is 623. The molecule has 0 heterocycles. The van der Waals surface area contributed by atoms with Crippen LogP contribution in [0.15, 0.2) is 40.9 Å². The molecule has 2 aromatic rings. The highest BCUT2D eigenvalue weighted by Gasteiger charge is 2.12. The van der Waals surface area contributed by atoms with Gasteiger partial charge < -0.3 is 9.84 Å². The molecule has 0 aliphatic rings. The number of rotatable bonds is 5. The summed E-state index contributed by atoms with van der Waals surface area (Å²) in [7, 11) is 1.65. The summed E-state index contributed by atoms with van der Waals surface area (Å²) in [6.45, 7) is 4.16. The van der Waals surface area contributed by atoms with Crippen molar-refractivity contribution in [1.82, 2.24) is 0 Å². The normalized spacial score (nSPS) is 12.2. The fourth-order valence-corrected chi connectivity index (χ4v) is 2.84. The van der Waals surface area contributed by atoms with Crippen molar-refractivity contribution in [3.05, 3.63) is 63.1 Å². The van der Waals surface area contributed by atoms with Crippen LogP contribution in [0, 0.1) is 13.8 Å². The molecule has 112 valence electrons. The second kappa shape index (κ2) is 7.10. The summed E-state index contributed by atoms with van der Waals surface area (Å²) < 4.78 is 6.25. The molecule has 1 atom stereocenters. The molecule has 2 rings (SSSR count). The van der Waals surface area contributed by atoms with E-state index in [0.717, 1.165) is 15.8 Å². The Labute approximate surface area is 134 Å². The number of hydrogen-bond acceptors (Lipinski definition) is 2. The SMILES string of the molecule is COc1ccc(Br)c(CC(O)Cc2cc(C)ccc2C)c1.